The van der Waals surface area contributed by atoms with E-state index < -0.39 is 0 Å². The Hall–Kier alpha value is -1.88. The minimum absolute atomic E-state index is 0.0583. The summed E-state index contributed by atoms with van der Waals surface area (Å²) >= 11 is 1.59. The van der Waals surface area contributed by atoms with Crippen LogP contribution in [0.25, 0.3) is 0 Å². The van der Waals surface area contributed by atoms with Crippen molar-refractivity contribution >= 4 is 17.7 Å². The van der Waals surface area contributed by atoms with E-state index in [1.807, 2.05) is 35.4 Å². The van der Waals surface area contributed by atoms with Gasteiger partial charge in [-0.25, -0.2) is 9.97 Å². The average molecular weight is 271 g/mol. The third kappa shape index (κ3) is 2.21. The Kier molecular flexibility index (Phi) is 3.21. The lowest BCUT2D eigenvalue weighted by Crippen LogP contribution is -2.25. The molecule has 0 fully saturated rings. The van der Waals surface area contributed by atoms with Crippen molar-refractivity contribution < 1.29 is 4.79 Å². The van der Waals surface area contributed by atoms with Crippen LogP contribution >= 0.6 is 11.8 Å². The van der Waals surface area contributed by atoms with Gasteiger partial charge in [0.1, 0.15) is 6.33 Å². The number of hydrogen-bond donors (Lipinski definition) is 0. The summed E-state index contributed by atoms with van der Waals surface area (Å²) in [5.74, 6) is 0.0583. The Bertz CT molecular complexity index is 605. The second-order valence-corrected chi connectivity index (χ2v) is 5.20. The summed E-state index contributed by atoms with van der Waals surface area (Å²) in [7, 11) is 0. The number of hydrogen-bond acceptors (Lipinski definition) is 4. The van der Waals surface area contributed by atoms with Gasteiger partial charge in [-0.2, -0.15) is 0 Å². The molecule has 4 nitrogen and oxygen atoms in total. The number of thioether (sulfide) groups is 1. The third-order valence-electron chi connectivity index (χ3n) is 3.21. The van der Waals surface area contributed by atoms with Gasteiger partial charge in [0.2, 0.25) is 0 Å². The smallest absolute Gasteiger partial charge is 0.255 e. The lowest BCUT2D eigenvalue weighted by Gasteiger charge is -2.16. The highest BCUT2D eigenvalue weighted by Gasteiger charge is 2.26. The second-order valence-electron chi connectivity index (χ2n) is 4.36. The van der Waals surface area contributed by atoms with Crippen molar-refractivity contribution in [3.05, 3.63) is 53.6 Å². The van der Waals surface area contributed by atoms with Gasteiger partial charge in [-0.1, -0.05) is 12.1 Å². The van der Waals surface area contributed by atoms with E-state index >= 15 is 0 Å². The molecule has 19 heavy (non-hydrogen) atoms. The first-order valence-corrected chi connectivity index (χ1v) is 7.22. The molecule has 1 amide bonds. The van der Waals surface area contributed by atoms with Gasteiger partial charge in [-0.15, -0.1) is 11.8 Å². The Balaban J connectivity index is 1.87. The van der Waals surface area contributed by atoms with Crippen molar-refractivity contribution in [1.82, 2.24) is 14.9 Å². The van der Waals surface area contributed by atoms with Crippen LogP contribution in [0.1, 0.15) is 21.6 Å². The fourth-order valence-electron chi connectivity index (χ4n) is 2.24. The number of carbonyl (C=O) groups excluding carboxylic acids is 1. The molecule has 5 heteroatoms. The highest BCUT2D eigenvalue weighted by atomic mass is 32.2. The standard InChI is InChI=1S/C14H13N3OS/c1-19-13-5-3-2-4-11(13)14(18)17-7-10-6-15-9-16-12(10)8-17/h2-6,9H,7-8H2,1H3. The lowest BCUT2D eigenvalue weighted by atomic mass is 10.2. The lowest BCUT2D eigenvalue weighted by molar-refractivity contribution is 0.0747. The fourth-order valence-corrected chi connectivity index (χ4v) is 2.83. The maximum atomic E-state index is 12.6. The Labute approximate surface area is 115 Å². The van der Waals surface area contributed by atoms with E-state index in [1.165, 1.54) is 6.33 Å². The van der Waals surface area contributed by atoms with Gasteiger partial charge < -0.3 is 4.90 Å². The van der Waals surface area contributed by atoms with Crippen LogP contribution in [0.4, 0.5) is 0 Å². The molecule has 3 rings (SSSR count). The van der Waals surface area contributed by atoms with Crippen LogP contribution in [-0.2, 0) is 13.1 Å². The third-order valence-corrected chi connectivity index (χ3v) is 4.00. The zero-order chi connectivity index (χ0) is 13.2. The number of fused-ring (bicyclic) bond motifs is 1. The highest BCUT2D eigenvalue weighted by molar-refractivity contribution is 7.98. The molecule has 96 valence electrons. The summed E-state index contributed by atoms with van der Waals surface area (Å²) in [6.45, 7) is 1.16. The molecule has 2 heterocycles. The topological polar surface area (TPSA) is 46.1 Å². The largest absolute Gasteiger partial charge is 0.328 e. The predicted molar refractivity (Wildman–Crippen MR) is 73.8 cm³/mol. The number of aromatic nitrogens is 2. The molecule has 0 N–H and O–H groups in total. The Morgan fingerprint density at radius 2 is 2.16 bits per heavy atom. The number of carbonyl (C=O) groups is 1. The molecule has 1 aromatic heterocycles. The van der Waals surface area contributed by atoms with E-state index in [4.69, 9.17) is 0 Å². The van der Waals surface area contributed by atoms with Crippen molar-refractivity contribution in [1.29, 1.82) is 0 Å². The highest BCUT2D eigenvalue weighted by Crippen LogP contribution is 2.26. The monoisotopic (exact) mass is 271 g/mol. The SMILES string of the molecule is CSc1ccccc1C(=O)N1Cc2cncnc2C1. The summed E-state index contributed by atoms with van der Waals surface area (Å²) in [5, 5.41) is 0. The van der Waals surface area contributed by atoms with Crippen molar-refractivity contribution in [3.8, 4) is 0 Å². The normalized spacial score (nSPS) is 13.4. The summed E-state index contributed by atoms with van der Waals surface area (Å²) in [6, 6.07) is 7.70. The van der Waals surface area contributed by atoms with E-state index in [1.54, 1.807) is 18.0 Å². The van der Waals surface area contributed by atoms with Crippen LogP contribution in [0.3, 0.4) is 0 Å². The first-order valence-electron chi connectivity index (χ1n) is 5.99. The molecule has 1 aromatic carbocycles. The molecule has 1 aliphatic heterocycles. The van der Waals surface area contributed by atoms with Gasteiger partial charge >= 0.3 is 0 Å². The minimum atomic E-state index is 0.0583. The van der Waals surface area contributed by atoms with Crippen molar-refractivity contribution in [2.45, 2.75) is 18.0 Å². The minimum Gasteiger partial charge on any atom is -0.328 e. The van der Waals surface area contributed by atoms with Crippen LogP contribution in [0.5, 0.6) is 0 Å². The number of nitrogens with zero attached hydrogens (tertiary/aromatic N) is 3. The van der Waals surface area contributed by atoms with E-state index in [0.717, 1.165) is 21.7 Å². The van der Waals surface area contributed by atoms with E-state index in [2.05, 4.69) is 9.97 Å². The van der Waals surface area contributed by atoms with E-state index in [0.29, 0.717) is 13.1 Å². The van der Waals surface area contributed by atoms with Crippen LogP contribution in [0.2, 0.25) is 0 Å². The van der Waals surface area contributed by atoms with Gasteiger partial charge in [0.25, 0.3) is 5.91 Å². The second kappa shape index (κ2) is 5.01. The molecule has 2 aromatic rings. The summed E-state index contributed by atoms with van der Waals surface area (Å²) in [5.41, 5.74) is 2.75. The number of rotatable bonds is 2. The molecule has 0 saturated heterocycles. The Morgan fingerprint density at radius 1 is 1.32 bits per heavy atom. The predicted octanol–water partition coefficient (Wildman–Crippen LogP) is 2.35. The molecule has 1 aliphatic rings. The maximum absolute atomic E-state index is 12.6. The molecular weight excluding hydrogens is 258 g/mol. The quantitative estimate of drug-likeness (QED) is 0.787. The zero-order valence-electron chi connectivity index (χ0n) is 10.5. The molecule has 0 aliphatic carbocycles. The molecule has 0 unspecified atom stereocenters. The van der Waals surface area contributed by atoms with Gasteiger partial charge in [-0.3, -0.25) is 4.79 Å². The van der Waals surface area contributed by atoms with Gasteiger partial charge in [0.15, 0.2) is 0 Å². The van der Waals surface area contributed by atoms with Crippen LogP contribution < -0.4 is 0 Å². The maximum Gasteiger partial charge on any atom is 0.255 e. The fraction of sp³-hybridized carbons (Fsp3) is 0.214. The number of amides is 1. The first kappa shape index (κ1) is 12.2. The van der Waals surface area contributed by atoms with Crippen LogP contribution in [0.15, 0.2) is 41.7 Å². The van der Waals surface area contributed by atoms with Gasteiger partial charge in [0, 0.05) is 23.2 Å². The summed E-state index contributed by atoms with van der Waals surface area (Å²) in [4.78, 5) is 23.6. The van der Waals surface area contributed by atoms with Crippen LogP contribution in [-0.4, -0.2) is 27.0 Å². The molecule has 0 saturated carbocycles. The molecule has 0 atom stereocenters. The molecule has 0 bridgehead atoms. The zero-order valence-corrected chi connectivity index (χ0v) is 11.4. The van der Waals surface area contributed by atoms with E-state index in [9.17, 15) is 4.79 Å². The Morgan fingerprint density at radius 3 is 2.95 bits per heavy atom. The summed E-state index contributed by atoms with van der Waals surface area (Å²) < 4.78 is 0. The number of benzene rings is 1. The molecule has 0 radical (unpaired) electrons. The van der Waals surface area contributed by atoms with Gasteiger partial charge in [0.05, 0.1) is 17.8 Å². The molecular formula is C14H13N3OS. The summed E-state index contributed by atoms with van der Waals surface area (Å²) in [6.07, 6.45) is 5.30. The molecule has 0 spiro atoms. The van der Waals surface area contributed by atoms with Crippen LogP contribution in [0, 0.1) is 0 Å². The van der Waals surface area contributed by atoms with Crippen molar-refractivity contribution in [2.24, 2.45) is 0 Å². The average Bonchev–Trinajstić information content (AvgIpc) is 2.90. The first-order chi connectivity index (χ1) is 9.29. The van der Waals surface area contributed by atoms with Gasteiger partial charge in [-0.05, 0) is 18.4 Å². The van der Waals surface area contributed by atoms with Crippen molar-refractivity contribution in [3.63, 3.8) is 0 Å². The van der Waals surface area contributed by atoms with E-state index in [-0.39, 0.29) is 5.91 Å². The van der Waals surface area contributed by atoms with Crippen molar-refractivity contribution in [2.75, 3.05) is 6.26 Å².